The van der Waals surface area contributed by atoms with E-state index in [-0.39, 0.29) is 0 Å². The van der Waals surface area contributed by atoms with E-state index in [2.05, 4.69) is 26.5 Å². The van der Waals surface area contributed by atoms with E-state index in [4.69, 9.17) is 15.9 Å². The first-order chi connectivity index (χ1) is 11.3. The SMILES string of the molecule is C#CNc1ccc2[nH]nc(-c3ccc(OCCOC)nc3)c2c1. The van der Waals surface area contributed by atoms with Crippen LogP contribution < -0.4 is 10.1 Å². The van der Waals surface area contributed by atoms with E-state index in [1.165, 1.54) is 0 Å². The number of rotatable bonds is 6. The molecule has 0 saturated heterocycles. The number of fused-ring (bicyclic) bond motifs is 1. The summed E-state index contributed by atoms with van der Waals surface area (Å²) in [5.74, 6) is 0.556. The molecule has 116 valence electrons. The number of nitrogens with zero attached hydrogens (tertiary/aromatic N) is 2. The Bertz CT molecular complexity index is 834. The fraction of sp³-hybridized carbons (Fsp3) is 0.176. The molecule has 0 spiro atoms. The van der Waals surface area contributed by atoms with E-state index in [0.29, 0.717) is 19.1 Å². The molecule has 3 aromatic rings. The number of H-pyrrole nitrogens is 1. The van der Waals surface area contributed by atoms with Crippen LogP contribution in [0.2, 0.25) is 0 Å². The fourth-order valence-electron chi connectivity index (χ4n) is 2.23. The Morgan fingerprint density at radius 3 is 2.91 bits per heavy atom. The van der Waals surface area contributed by atoms with E-state index in [1.54, 1.807) is 13.3 Å². The second-order valence-corrected chi connectivity index (χ2v) is 4.83. The maximum atomic E-state index is 5.46. The third-order valence-electron chi connectivity index (χ3n) is 3.33. The molecule has 0 saturated carbocycles. The first-order valence-corrected chi connectivity index (χ1v) is 7.09. The number of terminal acetylenes is 1. The number of methoxy groups -OCH3 is 1. The molecule has 6 heteroatoms. The minimum Gasteiger partial charge on any atom is -0.475 e. The molecule has 0 fully saturated rings. The molecule has 0 aliphatic heterocycles. The van der Waals surface area contributed by atoms with E-state index < -0.39 is 0 Å². The molecule has 0 aliphatic carbocycles. The van der Waals surface area contributed by atoms with E-state index >= 15 is 0 Å². The van der Waals surface area contributed by atoms with Crippen molar-refractivity contribution >= 4 is 16.6 Å². The lowest BCUT2D eigenvalue weighted by Gasteiger charge is -2.05. The second-order valence-electron chi connectivity index (χ2n) is 4.83. The minimum absolute atomic E-state index is 0.468. The molecule has 0 radical (unpaired) electrons. The highest BCUT2D eigenvalue weighted by molar-refractivity contribution is 5.94. The molecule has 23 heavy (non-hydrogen) atoms. The van der Waals surface area contributed by atoms with Crippen LogP contribution in [0.1, 0.15) is 0 Å². The summed E-state index contributed by atoms with van der Waals surface area (Å²) in [6.07, 6.45) is 7.01. The summed E-state index contributed by atoms with van der Waals surface area (Å²) in [4.78, 5) is 4.29. The Morgan fingerprint density at radius 1 is 1.26 bits per heavy atom. The van der Waals surface area contributed by atoms with Gasteiger partial charge in [-0.15, -0.1) is 0 Å². The Hall–Kier alpha value is -3.04. The normalized spacial score (nSPS) is 10.4. The zero-order chi connectivity index (χ0) is 16.1. The maximum Gasteiger partial charge on any atom is 0.213 e. The molecule has 2 N–H and O–H groups in total. The monoisotopic (exact) mass is 308 g/mol. The zero-order valence-corrected chi connectivity index (χ0v) is 12.7. The summed E-state index contributed by atoms with van der Waals surface area (Å²) < 4.78 is 10.4. The van der Waals surface area contributed by atoms with Crippen molar-refractivity contribution < 1.29 is 9.47 Å². The maximum absolute atomic E-state index is 5.46. The van der Waals surface area contributed by atoms with Gasteiger partial charge >= 0.3 is 0 Å². The molecule has 0 aliphatic rings. The quantitative estimate of drug-likeness (QED) is 0.416. The molecule has 3 rings (SSSR count). The van der Waals surface area contributed by atoms with Gasteiger partial charge in [-0.25, -0.2) is 4.98 Å². The van der Waals surface area contributed by atoms with Crippen molar-refractivity contribution in [1.82, 2.24) is 15.2 Å². The summed E-state index contributed by atoms with van der Waals surface area (Å²) in [5.41, 5.74) is 3.49. The van der Waals surface area contributed by atoms with Gasteiger partial charge in [-0.1, -0.05) is 6.42 Å². The third-order valence-corrected chi connectivity index (χ3v) is 3.33. The van der Waals surface area contributed by atoms with Crippen LogP contribution in [-0.4, -0.2) is 35.5 Å². The highest BCUT2D eigenvalue weighted by atomic mass is 16.5. The number of hydrogen-bond acceptors (Lipinski definition) is 5. The molecule has 2 aromatic heterocycles. The molecule has 0 atom stereocenters. The lowest BCUT2D eigenvalue weighted by atomic mass is 10.1. The first kappa shape index (κ1) is 14.9. The van der Waals surface area contributed by atoms with E-state index in [1.807, 2.05) is 30.3 Å². The van der Waals surface area contributed by atoms with E-state index in [9.17, 15) is 0 Å². The molecular weight excluding hydrogens is 292 g/mol. The summed E-state index contributed by atoms with van der Waals surface area (Å²) in [6, 6.07) is 11.9. The average molecular weight is 308 g/mol. The van der Waals surface area contributed by atoms with Gasteiger partial charge in [0.05, 0.1) is 12.1 Å². The number of aromatic nitrogens is 3. The van der Waals surface area contributed by atoms with Gasteiger partial charge in [0.2, 0.25) is 5.88 Å². The van der Waals surface area contributed by atoms with Gasteiger partial charge in [-0.05, 0) is 24.3 Å². The van der Waals surface area contributed by atoms with Crippen molar-refractivity contribution in [3.63, 3.8) is 0 Å². The average Bonchev–Trinajstić information content (AvgIpc) is 2.99. The van der Waals surface area contributed by atoms with Gasteiger partial charge < -0.3 is 14.8 Å². The predicted molar refractivity (Wildman–Crippen MR) is 89.2 cm³/mol. The molecule has 2 heterocycles. The molecule has 1 aromatic carbocycles. The zero-order valence-electron chi connectivity index (χ0n) is 12.7. The van der Waals surface area contributed by atoms with Crippen LogP contribution in [-0.2, 0) is 4.74 Å². The topological polar surface area (TPSA) is 72.1 Å². The van der Waals surface area contributed by atoms with Crippen LogP contribution in [0.5, 0.6) is 5.88 Å². The number of pyridine rings is 1. The molecule has 6 nitrogen and oxygen atoms in total. The van der Waals surface area contributed by atoms with Crippen molar-refractivity contribution in [3.8, 4) is 29.6 Å². The van der Waals surface area contributed by atoms with Gasteiger partial charge in [0.1, 0.15) is 12.3 Å². The fourth-order valence-corrected chi connectivity index (χ4v) is 2.23. The van der Waals surface area contributed by atoms with Crippen molar-refractivity contribution in [1.29, 1.82) is 0 Å². The second kappa shape index (κ2) is 6.81. The van der Waals surface area contributed by atoms with Gasteiger partial charge in [-0.3, -0.25) is 5.10 Å². The molecular formula is C17H16N4O2. The minimum atomic E-state index is 0.468. The molecule has 0 unspecified atom stereocenters. The highest BCUT2D eigenvalue weighted by Crippen LogP contribution is 2.28. The smallest absolute Gasteiger partial charge is 0.213 e. The van der Waals surface area contributed by atoms with E-state index in [0.717, 1.165) is 27.8 Å². The number of benzene rings is 1. The van der Waals surface area contributed by atoms with Gasteiger partial charge in [0, 0.05) is 42.1 Å². The Labute approximate surface area is 133 Å². The number of nitrogens with one attached hydrogen (secondary N) is 2. The van der Waals surface area contributed by atoms with Crippen LogP contribution in [0, 0.1) is 12.5 Å². The van der Waals surface area contributed by atoms with Gasteiger partial charge in [-0.2, -0.15) is 5.10 Å². The van der Waals surface area contributed by atoms with Crippen LogP contribution in [0.4, 0.5) is 5.69 Å². The van der Waals surface area contributed by atoms with Gasteiger partial charge in [0.15, 0.2) is 0 Å². The van der Waals surface area contributed by atoms with Crippen LogP contribution in [0.3, 0.4) is 0 Å². The van der Waals surface area contributed by atoms with Crippen molar-refractivity contribution in [3.05, 3.63) is 36.5 Å². The highest BCUT2D eigenvalue weighted by Gasteiger charge is 2.09. The summed E-state index contributed by atoms with van der Waals surface area (Å²) in [7, 11) is 1.63. The lowest BCUT2D eigenvalue weighted by molar-refractivity contribution is 0.144. The first-order valence-electron chi connectivity index (χ1n) is 7.09. The van der Waals surface area contributed by atoms with Gasteiger partial charge in [0.25, 0.3) is 0 Å². The summed E-state index contributed by atoms with van der Waals surface area (Å²) in [5, 5.41) is 11.2. The standard InChI is InChI=1S/C17H16N4O2/c1-3-18-13-5-6-15-14(10-13)17(21-20-15)12-4-7-16(19-11-12)23-9-8-22-2/h1,4-7,10-11,18H,8-9H2,2H3,(H,20,21). The largest absolute Gasteiger partial charge is 0.475 e. The van der Waals surface area contributed by atoms with Crippen LogP contribution in [0.15, 0.2) is 36.5 Å². The number of aromatic amines is 1. The third kappa shape index (κ3) is 3.25. The van der Waals surface area contributed by atoms with Crippen molar-refractivity contribution in [2.45, 2.75) is 0 Å². The lowest BCUT2D eigenvalue weighted by Crippen LogP contribution is -2.05. The number of hydrogen-bond donors (Lipinski definition) is 2. The number of ether oxygens (including phenoxy) is 2. The van der Waals surface area contributed by atoms with Crippen molar-refractivity contribution in [2.75, 3.05) is 25.6 Å². The Kier molecular flexibility index (Phi) is 4.41. The van der Waals surface area contributed by atoms with Crippen LogP contribution in [0.25, 0.3) is 22.2 Å². The van der Waals surface area contributed by atoms with Crippen LogP contribution >= 0.6 is 0 Å². The molecule has 0 bridgehead atoms. The summed E-state index contributed by atoms with van der Waals surface area (Å²) in [6.45, 7) is 0.994. The van der Waals surface area contributed by atoms with Crippen molar-refractivity contribution in [2.24, 2.45) is 0 Å². The predicted octanol–water partition coefficient (Wildman–Crippen LogP) is 2.65. The Balaban J connectivity index is 1.87. The Morgan fingerprint density at radius 2 is 2.17 bits per heavy atom. The number of anilines is 1. The molecule has 0 amide bonds. The summed E-state index contributed by atoms with van der Waals surface area (Å²) >= 11 is 0.